The Bertz CT molecular complexity index is 889. The van der Waals surface area contributed by atoms with Crippen molar-refractivity contribution in [2.45, 2.75) is 90.3 Å². The van der Waals surface area contributed by atoms with Crippen LogP contribution in [0.15, 0.2) is 0 Å². The largest absolute Gasteiger partial charge is 0.436 e. The van der Waals surface area contributed by atoms with Gasteiger partial charge in [0, 0.05) is 19.0 Å². The maximum atomic E-state index is 13.3. The molecular formula is C23H31ClF3N3O. The molecule has 5 aliphatic rings. The summed E-state index contributed by atoms with van der Waals surface area (Å²) in [6.07, 6.45) is 4.30. The van der Waals surface area contributed by atoms with Crippen molar-refractivity contribution in [1.82, 2.24) is 15.1 Å². The van der Waals surface area contributed by atoms with Gasteiger partial charge in [-0.1, -0.05) is 25.4 Å². The van der Waals surface area contributed by atoms with Crippen LogP contribution in [0.2, 0.25) is 5.02 Å². The first kappa shape index (κ1) is 21.6. The fourth-order valence-electron chi connectivity index (χ4n) is 7.87. The average molecular weight is 458 g/mol. The van der Waals surface area contributed by atoms with E-state index >= 15 is 0 Å². The van der Waals surface area contributed by atoms with E-state index < -0.39 is 11.9 Å². The number of rotatable bonds is 6. The summed E-state index contributed by atoms with van der Waals surface area (Å²) in [4.78, 5) is 13.3. The summed E-state index contributed by atoms with van der Waals surface area (Å²) in [6.45, 7) is 5.46. The van der Waals surface area contributed by atoms with Crippen LogP contribution in [0.4, 0.5) is 13.2 Å². The van der Waals surface area contributed by atoms with E-state index in [1.165, 1.54) is 23.9 Å². The van der Waals surface area contributed by atoms with E-state index in [4.69, 9.17) is 11.6 Å². The van der Waals surface area contributed by atoms with E-state index in [-0.39, 0.29) is 33.1 Å². The Morgan fingerprint density at radius 3 is 2.35 bits per heavy atom. The van der Waals surface area contributed by atoms with Gasteiger partial charge in [0.15, 0.2) is 5.69 Å². The Kier molecular flexibility index (Phi) is 4.79. The molecule has 5 aliphatic carbocycles. The first-order valence-electron chi connectivity index (χ1n) is 11.5. The fraction of sp³-hybridized carbons (Fsp3) is 0.826. The minimum Gasteiger partial charge on any atom is -0.356 e. The molecule has 31 heavy (non-hydrogen) atoms. The van der Waals surface area contributed by atoms with Gasteiger partial charge in [-0.05, 0) is 74.5 Å². The number of alkyl halides is 3. The standard InChI is InChI=1S/C23H31ClF3N3O/c1-20-8-14-9-21(2,11-20)13-22(10-14,12-20)19(31)28-6-3-7-30-17(15-4-5-15)16(24)18(29-30)23(25,26)27/h14-15H,3-13H2,1-2H3,(H,28,31). The molecule has 0 radical (unpaired) electrons. The third-order valence-electron chi connectivity index (χ3n) is 8.10. The van der Waals surface area contributed by atoms with Crippen LogP contribution in [-0.4, -0.2) is 22.2 Å². The normalized spacial score (nSPS) is 36.8. The van der Waals surface area contributed by atoms with E-state index in [1.54, 1.807) is 0 Å². The minimum absolute atomic E-state index is 0.0687. The van der Waals surface area contributed by atoms with Crippen LogP contribution in [-0.2, 0) is 17.5 Å². The molecule has 0 aliphatic heterocycles. The van der Waals surface area contributed by atoms with E-state index in [0.29, 0.717) is 31.1 Å². The Balaban J connectivity index is 1.22. The van der Waals surface area contributed by atoms with Crippen LogP contribution in [0.25, 0.3) is 0 Å². The Hall–Kier alpha value is -1.24. The van der Waals surface area contributed by atoms with Gasteiger partial charge in [-0.25, -0.2) is 0 Å². The van der Waals surface area contributed by atoms with Gasteiger partial charge in [-0.2, -0.15) is 18.3 Å². The van der Waals surface area contributed by atoms with E-state index in [1.807, 2.05) is 0 Å². The highest BCUT2D eigenvalue weighted by molar-refractivity contribution is 6.32. The maximum Gasteiger partial charge on any atom is 0.436 e. The van der Waals surface area contributed by atoms with Crippen LogP contribution in [0, 0.1) is 22.2 Å². The second kappa shape index (κ2) is 6.88. The summed E-state index contributed by atoms with van der Waals surface area (Å²) in [6, 6.07) is 0. The Morgan fingerprint density at radius 1 is 1.16 bits per heavy atom. The van der Waals surface area contributed by atoms with Crippen molar-refractivity contribution in [3.63, 3.8) is 0 Å². The average Bonchev–Trinajstić information content (AvgIpc) is 3.37. The molecule has 1 aromatic rings. The highest BCUT2D eigenvalue weighted by Gasteiger charge is 2.62. The molecule has 1 heterocycles. The van der Waals surface area contributed by atoms with Gasteiger partial charge in [0.2, 0.25) is 5.91 Å². The summed E-state index contributed by atoms with van der Waals surface area (Å²) in [7, 11) is 0. The molecule has 4 nitrogen and oxygen atoms in total. The molecule has 1 aromatic heterocycles. The lowest BCUT2D eigenvalue weighted by Gasteiger charge is -2.64. The van der Waals surface area contributed by atoms with Gasteiger partial charge in [0.1, 0.15) is 0 Å². The van der Waals surface area contributed by atoms with E-state index in [2.05, 4.69) is 24.3 Å². The lowest BCUT2D eigenvalue weighted by Crippen LogP contribution is -2.59. The van der Waals surface area contributed by atoms with Gasteiger partial charge in [-0.3, -0.25) is 9.48 Å². The lowest BCUT2D eigenvalue weighted by molar-refractivity contribution is -0.170. The summed E-state index contributed by atoms with van der Waals surface area (Å²) >= 11 is 6.04. The predicted octanol–water partition coefficient (Wildman–Crippen LogP) is 5.94. The van der Waals surface area contributed by atoms with Crippen LogP contribution in [0.1, 0.15) is 88.9 Å². The number of nitrogens with one attached hydrogen (secondary N) is 1. The second-order valence-corrected chi connectivity index (χ2v) is 11.9. The predicted molar refractivity (Wildman–Crippen MR) is 112 cm³/mol. The molecule has 6 rings (SSSR count). The summed E-state index contributed by atoms with van der Waals surface area (Å²) < 4.78 is 41.1. The Morgan fingerprint density at radius 2 is 1.81 bits per heavy atom. The molecule has 1 N–H and O–H groups in total. The molecule has 5 fully saturated rings. The van der Waals surface area contributed by atoms with Crippen LogP contribution in [0.5, 0.6) is 0 Å². The first-order chi connectivity index (χ1) is 14.4. The maximum absolute atomic E-state index is 13.3. The molecule has 0 spiro atoms. The number of nitrogens with zero attached hydrogens (tertiary/aromatic N) is 2. The topological polar surface area (TPSA) is 46.9 Å². The zero-order valence-electron chi connectivity index (χ0n) is 18.2. The lowest BCUT2D eigenvalue weighted by atomic mass is 9.40. The summed E-state index contributed by atoms with van der Waals surface area (Å²) in [5, 5.41) is 6.65. The highest BCUT2D eigenvalue weighted by atomic mass is 35.5. The quantitative estimate of drug-likeness (QED) is 0.537. The molecule has 1 amide bonds. The number of aryl methyl sites for hydroxylation is 1. The molecule has 4 bridgehead atoms. The number of aromatic nitrogens is 2. The van der Waals surface area contributed by atoms with Crippen molar-refractivity contribution < 1.29 is 18.0 Å². The molecule has 2 unspecified atom stereocenters. The number of hydrogen-bond acceptors (Lipinski definition) is 2. The third-order valence-corrected chi connectivity index (χ3v) is 8.48. The summed E-state index contributed by atoms with van der Waals surface area (Å²) in [5.74, 6) is 0.857. The van der Waals surface area contributed by atoms with Gasteiger partial charge in [0.05, 0.1) is 16.1 Å². The zero-order chi connectivity index (χ0) is 22.2. The van der Waals surface area contributed by atoms with Crippen molar-refractivity contribution in [1.29, 1.82) is 0 Å². The second-order valence-electron chi connectivity index (χ2n) is 11.6. The molecule has 5 saturated carbocycles. The number of hydrogen-bond donors (Lipinski definition) is 1. The number of carbonyl (C=O) groups excluding carboxylic acids is 1. The molecular weight excluding hydrogens is 427 g/mol. The SMILES string of the molecule is CC12CC3CC(C)(C1)CC(C(=O)NCCCn1nc(C(F)(F)F)c(Cl)c1C1CC1)(C3)C2. The van der Waals surface area contributed by atoms with Gasteiger partial charge >= 0.3 is 6.18 Å². The van der Waals surface area contributed by atoms with Crippen molar-refractivity contribution >= 4 is 17.5 Å². The zero-order valence-corrected chi connectivity index (χ0v) is 19.0. The van der Waals surface area contributed by atoms with E-state index in [9.17, 15) is 18.0 Å². The van der Waals surface area contributed by atoms with Crippen LogP contribution in [0.3, 0.4) is 0 Å². The van der Waals surface area contributed by atoms with Crippen LogP contribution >= 0.6 is 11.6 Å². The fourth-order valence-corrected chi connectivity index (χ4v) is 8.27. The number of carbonyl (C=O) groups is 1. The van der Waals surface area contributed by atoms with Crippen LogP contribution < -0.4 is 5.32 Å². The van der Waals surface area contributed by atoms with E-state index in [0.717, 1.165) is 32.1 Å². The Labute approximate surface area is 186 Å². The molecule has 2 atom stereocenters. The monoisotopic (exact) mass is 457 g/mol. The molecule has 0 aromatic carbocycles. The molecule has 0 saturated heterocycles. The highest BCUT2D eigenvalue weighted by Crippen LogP contribution is 2.69. The van der Waals surface area contributed by atoms with Crippen molar-refractivity contribution in [2.24, 2.45) is 22.2 Å². The van der Waals surface area contributed by atoms with Crippen molar-refractivity contribution in [2.75, 3.05) is 6.54 Å². The van der Waals surface area contributed by atoms with Gasteiger partial charge in [-0.15, -0.1) is 0 Å². The molecule has 8 heteroatoms. The van der Waals surface area contributed by atoms with Crippen molar-refractivity contribution in [3.05, 3.63) is 16.4 Å². The molecule has 172 valence electrons. The first-order valence-corrected chi connectivity index (χ1v) is 11.9. The minimum atomic E-state index is -4.55. The number of halogens is 4. The van der Waals surface area contributed by atoms with Gasteiger partial charge < -0.3 is 5.32 Å². The smallest absolute Gasteiger partial charge is 0.356 e. The number of amides is 1. The van der Waals surface area contributed by atoms with Gasteiger partial charge in [0.25, 0.3) is 0 Å². The third kappa shape index (κ3) is 3.79. The van der Waals surface area contributed by atoms with Crippen molar-refractivity contribution in [3.8, 4) is 0 Å². The summed E-state index contributed by atoms with van der Waals surface area (Å²) in [5.41, 5.74) is -0.215.